The van der Waals surface area contributed by atoms with E-state index in [9.17, 15) is 4.79 Å². The molecule has 2 aliphatic rings. The van der Waals surface area contributed by atoms with Gasteiger partial charge in [-0.2, -0.15) is 0 Å². The Bertz CT molecular complexity index is 496. The molecule has 2 N–H and O–H groups in total. The highest BCUT2D eigenvalue weighted by Gasteiger charge is 2.20. The average Bonchev–Trinajstić information content (AvgIpc) is 3.24. The van der Waals surface area contributed by atoms with Crippen molar-refractivity contribution in [1.82, 2.24) is 10.6 Å². The molecule has 0 atom stereocenters. The topological polar surface area (TPSA) is 44.4 Å². The molecular weight excluding hydrogens is 250 g/mol. The molecule has 1 aliphatic heterocycles. The molecule has 1 aliphatic carbocycles. The maximum absolute atomic E-state index is 11.7. The smallest absolute Gasteiger partial charge is 0.239 e. The zero-order valence-electron chi connectivity index (χ0n) is 12.1. The minimum atomic E-state index is 0.126. The molecule has 4 heteroatoms. The van der Waals surface area contributed by atoms with Crippen molar-refractivity contribution in [3.8, 4) is 0 Å². The van der Waals surface area contributed by atoms with Crippen LogP contribution in [0.3, 0.4) is 0 Å². The van der Waals surface area contributed by atoms with Gasteiger partial charge in [-0.25, -0.2) is 0 Å². The quantitative estimate of drug-likeness (QED) is 0.875. The first-order valence-electron chi connectivity index (χ1n) is 7.57. The molecule has 1 saturated carbocycles. The van der Waals surface area contributed by atoms with E-state index < -0.39 is 0 Å². The number of aryl methyl sites for hydroxylation is 1. The van der Waals surface area contributed by atoms with Crippen molar-refractivity contribution in [3.63, 3.8) is 0 Å². The fraction of sp³-hybridized carbons (Fsp3) is 0.562. The van der Waals surface area contributed by atoms with Crippen molar-refractivity contribution in [2.24, 2.45) is 0 Å². The van der Waals surface area contributed by atoms with Crippen molar-refractivity contribution in [2.75, 3.05) is 24.5 Å². The van der Waals surface area contributed by atoms with Gasteiger partial charge < -0.3 is 15.5 Å². The largest absolute Gasteiger partial charge is 0.362 e. The fourth-order valence-electron chi connectivity index (χ4n) is 2.74. The Labute approximate surface area is 120 Å². The molecule has 0 unspecified atom stereocenters. The van der Waals surface area contributed by atoms with Gasteiger partial charge in [-0.15, -0.1) is 0 Å². The molecular formula is C16H23N3O. The van der Waals surface area contributed by atoms with Gasteiger partial charge in [0.1, 0.15) is 0 Å². The van der Waals surface area contributed by atoms with E-state index in [0.717, 1.165) is 32.1 Å². The molecule has 0 spiro atoms. The van der Waals surface area contributed by atoms with Crippen LogP contribution in [0.15, 0.2) is 18.2 Å². The van der Waals surface area contributed by atoms with Gasteiger partial charge in [-0.1, -0.05) is 12.1 Å². The first kappa shape index (κ1) is 13.4. The van der Waals surface area contributed by atoms with Gasteiger partial charge in [0, 0.05) is 31.4 Å². The number of carbonyl (C=O) groups is 1. The highest BCUT2D eigenvalue weighted by molar-refractivity contribution is 5.82. The molecule has 0 aromatic heterocycles. The van der Waals surface area contributed by atoms with Crippen molar-refractivity contribution in [1.29, 1.82) is 0 Å². The third-order valence-corrected chi connectivity index (χ3v) is 4.04. The Kier molecular flexibility index (Phi) is 3.92. The number of nitrogens with one attached hydrogen (secondary N) is 2. The van der Waals surface area contributed by atoms with Gasteiger partial charge in [0.2, 0.25) is 5.91 Å². The van der Waals surface area contributed by atoms with E-state index in [1.807, 2.05) is 0 Å². The highest BCUT2D eigenvalue weighted by atomic mass is 16.2. The Morgan fingerprint density at radius 3 is 3.00 bits per heavy atom. The summed E-state index contributed by atoms with van der Waals surface area (Å²) in [7, 11) is 0. The van der Waals surface area contributed by atoms with E-state index in [1.54, 1.807) is 0 Å². The minimum absolute atomic E-state index is 0.126. The number of benzene rings is 1. The first-order valence-corrected chi connectivity index (χ1v) is 7.57. The molecule has 0 radical (unpaired) electrons. The number of hydrogen-bond acceptors (Lipinski definition) is 3. The maximum atomic E-state index is 11.7. The molecule has 1 heterocycles. The summed E-state index contributed by atoms with van der Waals surface area (Å²) in [6, 6.07) is 7.33. The van der Waals surface area contributed by atoms with E-state index in [0.29, 0.717) is 6.54 Å². The summed E-state index contributed by atoms with van der Waals surface area (Å²) in [4.78, 5) is 13.9. The molecule has 1 aromatic carbocycles. The summed E-state index contributed by atoms with van der Waals surface area (Å²) in [5.74, 6) is 0.126. The van der Waals surface area contributed by atoms with Crippen LogP contribution < -0.4 is 15.5 Å². The van der Waals surface area contributed by atoms with Gasteiger partial charge in [-0.05, 0) is 43.4 Å². The molecule has 2 fully saturated rings. The van der Waals surface area contributed by atoms with E-state index in [2.05, 4.69) is 40.7 Å². The van der Waals surface area contributed by atoms with Crippen LogP contribution in [0.2, 0.25) is 0 Å². The summed E-state index contributed by atoms with van der Waals surface area (Å²) in [5.41, 5.74) is 3.78. The molecule has 20 heavy (non-hydrogen) atoms. The summed E-state index contributed by atoms with van der Waals surface area (Å²) < 4.78 is 0. The Morgan fingerprint density at radius 2 is 2.25 bits per heavy atom. The van der Waals surface area contributed by atoms with Crippen LogP contribution in [-0.2, 0) is 11.3 Å². The van der Waals surface area contributed by atoms with Crippen molar-refractivity contribution >= 4 is 11.6 Å². The second-order valence-electron chi connectivity index (χ2n) is 5.90. The lowest BCUT2D eigenvalue weighted by molar-refractivity contribution is -0.119. The second-order valence-corrected chi connectivity index (χ2v) is 5.90. The van der Waals surface area contributed by atoms with Crippen LogP contribution in [0.5, 0.6) is 0 Å². The summed E-state index contributed by atoms with van der Waals surface area (Å²) in [5, 5.41) is 6.46. The lowest BCUT2D eigenvalue weighted by Crippen LogP contribution is -2.33. The lowest BCUT2D eigenvalue weighted by Gasteiger charge is -2.23. The molecule has 108 valence electrons. The number of carbonyl (C=O) groups excluding carboxylic acids is 1. The van der Waals surface area contributed by atoms with Gasteiger partial charge in [0.05, 0.1) is 6.54 Å². The second kappa shape index (κ2) is 5.83. The first-order chi connectivity index (χ1) is 9.72. The van der Waals surface area contributed by atoms with Crippen LogP contribution in [0.4, 0.5) is 5.69 Å². The summed E-state index contributed by atoms with van der Waals surface area (Å²) in [6.07, 6.45) is 3.65. The number of amides is 1. The molecule has 0 bridgehead atoms. The number of nitrogens with zero attached hydrogens (tertiary/aromatic N) is 1. The normalized spacial score (nSPS) is 19.6. The van der Waals surface area contributed by atoms with Crippen molar-refractivity contribution in [2.45, 2.75) is 38.8 Å². The third kappa shape index (κ3) is 3.31. The van der Waals surface area contributed by atoms with E-state index in [-0.39, 0.29) is 5.91 Å². The van der Waals surface area contributed by atoms with Crippen LogP contribution in [0.25, 0.3) is 0 Å². The van der Waals surface area contributed by atoms with Crippen LogP contribution in [0, 0.1) is 6.92 Å². The monoisotopic (exact) mass is 273 g/mol. The zero-order valence-corrected chi connectivity index (χ0v) is 12.1. The number of rotatable bonds is 4. The van der Waals surface area contributed by atoms with E-state index in [1.165, 1.54) is 29.7 Å². The number of hydrogen-bond donors (Lipinski definition) is 2. The third-order valence-electron chi connectivity index (χ3n) is 4.04. The van der Waals surface area contributed by atoms with Crippen molar-refractivity contribution < 1.29 is 4.79 Å². The van der Waals surface area contributed by atoms with Crippen LogP contribution in [0.1, 0.15) is 30.4 Å². The van der Waals surface area contributed by atoms with Gasteiger partial charge in [0.25, 0.3) is 0 Å². The average molecular weight is 273 g/mol. The lowest BCUT2D eigenvalue weighted by atomic mass is 10.1. The summed E-state index contributed by atoms with van der Waals surface area (Å²) >= 11 is 0. The van der Waals surface area contributed by atoms with Crippen molar-refractivity contribution in [3.05, 3.63) is 29.3 Å². The maximum Gasteiger partial charge on any atom is 0.239 e. The van der Waals surface area contributed by atoms with Crippen LogP contribution >= 0.6 is 0 Å². The number of anilines is 1. The minimum Gasteiger partial charge on any atom is -0.362 e. The summed E-state index contributed by atoms with van der Waals surface area (Å²) in [6.45, 7) is 5.29. The Hall–Kier alpha value is -1.55. The molecule has 1 aromatic rings. The van der Waals surface area contributed by atoms with Crippen LogP contribution in [-0.4, -0.2) is 31.6 Å². The highest BCUT2D eigenvalue weighted by Crippen LogP contribution is 2.23. The van der Waals surface area contributed by atoms with Gasteiger partial charge in [0.15, 0.2) is 0 Å². The Morgan fingerprint density at radius 1 is 1.40 bits per heavy atom. The van der Waals surface area contributed by atoms with E-state index in [4.69, 9.17) is 0 Å². The fourth-order valence-corrected chi connectivity index (χ4v) is 2.74. The predicted molar refractivity (Wildman–Crippen MR) is 80.9 cm³/mol. The van der Waals surface area contributed by atoms with E-state index >= 15 is 0 Å². The zero-order chi connectivity index (χ0) is 13.9. The van der Waals surface area contributed by atoms with Gasteiger partial charge in [-0.3, -0.25) is 4.79 Å². The standard InChI is InChI=1S/C16H23N3O/c1-12-9-13(10-18-14-4-5-14)3-6-15(12)19-8-2-7-17-16(20)11-19/h3,6,9,14,18H,2,4-5,7-8,10-11H2,1H3,(H,17,20). The molecule has 1 amide bonds. The Balaban J connectivity index is 1.70. The molecule has 3 rings (SSSR count). The molecule has 1 saturated heterocycles. The molecule has 4 nitrogen and oxygen atoms in total. The van der Waals surface area contributed by atoms with Gasteiger partial charge >= 0.3 is 0 Å². The SMILES string of the molecule is Cc1cc(CNC2CC2)ccc1N1CCCNC(=O)C1. The predicted octanol–water partition coefficient (Wildman–Crippen LogP) is 1.57.